The van der Waals surface area contributed by atoms with Gasteiger partial charge in [-0.1, -0.05) is 54.6 Å². The second-order valence-electron chi connectivity index (χ2n) is 4.61. The molecule has 0 saturated heterocycles. The van der Waals surface area contributed by atoms with Crippen LogP contribution in [0.15, 0.2) is 41.1 Å². The molecule has 0 fully saturated rings. The van der Waals surface area contributed by atoms with E-state index >= 15 is 0 Å². The van der Waals surface area contributed by atoms with Crippen LogP contribution in [0, 0.1) is 0 Å². The Labute approximate surface area is 118 Å². The van der Waals surface area contributed by atoms with Crippen molar-refractivity contribution in [2.75, 3.05) is 5.75 Å². The summed E-state index contributed by atoms with van der Waals surface area (Å²) in [5.74, 6) is 1.75. The van der Waals surface area contributed by atoms with Crippen molar-refractivity contribution in [1.29, 1.82) is 0 Å². The Morgan fingerprint density at radius 3 is 2.63 bits per heavy atom. The van der Waals surface area contributed by atoms with Crippen LogP contribution in [0.3, 0.4) is 0 Å². The first kappa shape index (κ1) is 13.9. The number of aromatic nitrogens is 3. The molecule has 0 amide bonds. The van der Waals surface area contributed by atoms with Gasteiger partial charge in [0.15, 0.2) is 5.82 Å². The van der Waals surface area contributed by atoms with Crippen molar-refractivity contribution in [1.82, 2.24) is 15.2 Å². The molecular weight excluding hydrogens is 254 g/mol. The van der Waals surface area contributed by atoms with Gasteiger partial charge in [0.1, 0.15) is 0 Å². The number of aromatic amines is 1. The highest BCUT2D eigenvalue weighted by Gasteiger charge is 2.05. The maximum Gasteiger partial charge on any atom is 0.209 e. The standard InChI is InChI=1S/C15H19N3S/c1-4-12-5-7-13(8-6-12)14-16-15(18-17-14)19-10-9-11(2)3/h5-9H,4,10H2,1-3H3,(H,16,17,18). The molecule has 1 heterocycles. The lowest BCUT2D eigenvalue weighted by Gasteiger charge is -1.98. The summed E-state index contributed by atoms with van der Waals surface area (Å²) in [5.41, 5.74) is 3.73. The number of thioether (sulfide) groups is 1. The van der Waals surface area contributed by atoms with Crippen molar-refractivity contribution < 1.29 is 0 Å². The van der Waals surface area contributed by atoms with Gasteiger partial charge in [0.25, 0.3) is 0 Å². The predicted octanol–water partition coefficient (Wildman–Crippen LogP) is 4.09. The van der Waals surface area contributed by atoms with E-state index in [9.17, 15) is 0 Å². The minimum atomic E-state index is 0.798. The maximum absolute atomic E-state index is 4.50. The number of H-pyrrole nitrogens is 1. The van der Waals surface area contributed by atoms with E-state index in [1.165, 1.54) is 11.1 Å². The Balaban J connectivity index is 2.05. The van der Waals surface area contributed by atoms with Crippen molar-refractivity contribution in [3.63, 3.8) is 0 Å². The van der Waals surface area contributed by atoms with Crippen LogP contribution in [0.1, 0.15) is 26.3 Å². The monoisotopic (exact) mass is 273 g/mol. The average Bonchev–Trinajstić information content (AvgIpc) is 2.87. The molecule has 3 nitrogen and oxygen atoms in total. The van der Waals surface area contributed by atoms with Crippen LogP contribution in [0.4, 0.5) is 0 Å². The molecule has 4 heteroatoms. The third kappa shape index (κ3) is 3.96. The average molecular weight is 273 g/mol. The zero-order chi connectivity index (χ0) is 13.7. The minimum Gasteiger partial charge on any atom is -0.258 e. The van der Waals surface area contributed by atoms with E-state index in [-0.39, 0.29) is 0 Å². The summed E-state index contributed by atoms with van der Waals surface area (Å²) in [6.07, 6.45) is 3.23. The molecule has 0 aliphatic heterocycles. The number of rotatable bonds is 5. The fourth-order valence-electron chi connectivity index (χ4n) is 1.62. The molecule has 0 bridgehead atoms. The summed E-state index contributed by atoms with van der Waals surface area (Å²) >= 11 is 1.64. The number of hydrogen-bond donors (Lipinski definition) is 1. The van der Waals surface area contributed by atoms with E-state index in [1.54, 1.807) is 11.8 Å². The van der Waals surface area contributed by atoms with Crippen molar-refractivity contribution in [3.8, 4) is 11.4 Å². The van der Waals surface area contributed by atoms with Gasteiger partial charge in [-0.2, -0.15) is 0 Å². The van der Waals surface area contributed by atoms with Crippen LogP contribution >= 0.6 is 11.8 Å². The number of nitrogens with zero attached hydrogens (tertiary/aromatic N) is 2. The molecular formula is C15H19N3S. The first-order valence-electron chi connectivity index (χ1n) is 6.47. The minimum absolute atomic E-state index is 0.798. The van der Waals surface area contributed by atoms with Gasteiger partial charge in [0.05, 0.1) is 0 Å². The molecule has 2 aromatic rings. The van der Waals surface area contributed by atoms with E-state index in [0.29, 0.717) is 0 Å². The van der Waals surface area contributed by atoms with Crippen LogP contribution < -0.4 is 0 Å². The van der Waals surface area contributed by atoms with Gasteiger partial charge in [-0.05, 0) is 25.8 Å². The molecule has 0 spiro atoms. The summed E-state index contributed by atoms with van der Waals surface area (Å²) in [5, 5.41) is 8.02. The van der Waals surface area contributed by atoms with Gasteiger partial charge in [0, 0.05) is 11.3 Å². The predicted molar refractivity (Wildman–Crippen MR) is 81.4 cm³/mol. The van der Waals surface area contributed by atoms with Gasteiger partial charge < -0.3 is 0 Å². The Hall–Kier alpha value is -1.55. The largest absolute Gasteiger partial charge is 0.258 e. The fourth-order valence-corrected chi connectivity index (χ4v) is 2.45. The molecule has 0 atom stereocenters. The van der Waals surface area contributed by atoms with Crippen LogP contribution in [0.5, 0.6) is 0 Å². The molecule has 1 aromatic heterocycles. The fraction of sp³-hybridized carbons (Fsp3) is 0.333. The topological polar surface area (TPSA) is 41.6 Å². The number of nitrogens with one attached hydrogen (secondary N) is 1. The summed E-state index contributed by atoms with van der Waals surface area (Å²) in [4.78, 5) is 4.50. The highest BCUT2D eigenvalue weighted by molar-refractivity contribution is 7.99. The molecule has 0 saturated carbocycles. The summed E-state index contributed by atoms with van der Waals surface area (Å²) < 4.78 is 0. The number of aryl methyl sites for hydroxylation is 1. The molecule has 1 N–H and O–H groups in total. The van der Waals surface area contributed by atoms with Gasteiger partial charge in [-0.3, -0.25) is 5.10 Å². The molecule has 0 unspecified atom stereocenters. The highest BCUT2D eigenvalue weighted by Crippen LogP contribution is 2.20. The second-order valence-corrected chi connectivity index (χ2v) is 5.60. The maximum atomic E-state index is 4.50. The van der Waals surface area contributed by atoms with Crippen molar-refractivity contribution >= 4 is 11.8 Å². The lowest BCUT2D eigenvalue weighted by atomic mass is 10.1. The van der Waals surface area contributed by atoms with Crippen LogP contribution in [-0.4, -0.2) is 20.9 Å². The summed E-state index contributed by atoms with van der Waals surface area (Å²) in [7, 11) is 0. The van der Waals surface area contributed by atoms with Crippen molar-refractivity contribution in [2.45, 2.75) is 32.3 Å². The Kier molecular flexibility index (Phi) is 4.80. The van der Waals surface area contributed by atoms with E-state index in [1.807, 2.05) is 0 Å². The van der Waals surface area contributed by atoms with E-state index in [2.05, 4.69) is 66.3 Å². The van der Waals surface area contributed by atoms with E-state index in [4.69, 9.17) is 0 Å². The zero-order valence-corrected chi connectivity index (χ0v) is 12.4. The molecule has 0 aliphatic rings. The smallest absolute Gasteiger partial charge is 0.209 e. The van der Waals surface area contributed by atoms with Crippen LogP contribution in [-0.2, 0) is 6.42 Å². The van der Waals surface area contributed by atoms with E-state index in [0.717, 1.165) is 28.7 Å². The van der Waals surface area contributed by atoms with Crippen molar-refractivity contribution in [2.24, 2.45) is 0 Å². The lowest BCUT2D eigenvalue weighted by Crippen LogP contribution is -1.83. The van der Waals surface area contributed by atoms with Gasteiger partial charge in [-0.15, -0.1) is 5.10 Å². The highest BCUT2D eigenvalue weighted by atomic mass is 32.2. The molecule has 0 aliphatic carbocycles. The Bertz CT molecular complexity index is 551. The van der Waals surface area contributed by atoms with Crippen molar-refractivity contribution in [3.05, 3.63) is 41.5 Å². The molecule has 0 radical (unpaired) electrons. The number of hydrogen-bond acceptors (Lipinski definition) is 3. The Morgan fingerprint density at radius 1 is 1.26 bits per heavy atom. The van der Waals surface area contributed by atoms with Crippen LogP contribution in [0.2, 0.25) is 0 Å². The number of benzene rings is 1. The third-order valence-corrected chi connectivity index (χ3v) is 3.58. The quantitative estimate of drug-likeness (QED) is 0.659. The van der Waals surface area contributed by atoms with Gasteiger partial charge in [0.2, 0.25) is 5.16 Å². The normalized spacial score (nSPS) is 10.5. The zero-order valence-electron chi connectivity index (χ0n) is 11.6. The van der Waals surface area contributed by atoms with Gasteiger partial charge >= 0.3 is 0 Å². The lowest BCUT2D eigenvalue weighted by molar-refractivity contribution is 0.975. The summed E-state index contributed by atoms with van der Waals surface area (Å²) in [6, 6.07) is 8.44. The summed E-state index contributed by atoms with van der Waals surface area (Å²) in [6.45, 7) is 6.35. The van der Waals surface area contributed by atoms with Gasteiger partial charge in [-0.25, -0.2) is 4.98 Å². The van der Waals surface area contributed by atoms with Crippen LogP contribution in [0.25, 0.3) is 11.4 Å². The Morgan fingerprint density at radius 2 is 2.00 bits per heavy atom. The second kappa shape index (κ2) is 6.57. The molecule has 19 heavy (non-hydrogen) atoms. The number of allylic oxidation sites excluding steroid dienone is 1. The first-order valence-corrected chi connectivity index (χ1v) is 7.45. The first-order chi connectivity index (χ1) is 9.19. The SMILES string of the molecule is CCc1ccc(-c2nc(SCC=C(C)C)n[nH]2)cc1. The van der Waals surface area contributed by atoms with E-state index < -0.39 is 0 Å². The molecule has 100 valence electrons. The molecule has 1 aromatic carbocycles. The molecule has 2 rings (SSSR count). The third-order valence-electron chi connectivity index (χ3n) is 2.80.